The number of hydrogen-bond acceptors (Lipinski definition) is 7. The maximum atomic E-state index is 12.9. The minimum atomic E-state index is -0.720. The van der Waals surface area contributed by atoms with E-state index in [0.717, 1.165) is 9.13 Å². The smallest absolute Gasteiger partial charge is 0.357 e. The van der Waals surface area contributed by atoms with Gasteiger partial charge in [-0.3, -0.25) is 0 Å². The van der Waals surface area contributed by atoms with Crippen molar-refractivity contribution in [2.45, 2.75) is 6.61 Å². The highest BCUT2D eigenvalue weighted by atomic mass is 127. The topological polar surface area (TPSA) is 88.9 Å². The third kappa shape index (κ3) is 5.06. The van der Waals surface area contributed by atoms with Crippen molar-refractivity contribution in [2.75, 3.05) is 21.3 Å². The van der Waals surface area contributed by atoms with Gasteiger partial charge in [0.1, 0.15) is 17.9 Å². The predicted molar refractivity (Wildman–Crippen MR) is 142 cm³/mol. The average Bonchev–Trinajstić information content (AvgIpc) is 3.33. The predicted octanol–water partition coefficient (Wildman–Crippen LogP) is 5.30. The van der Waals surface area contributed by atoms with Crippen molar-refractivity contribution in [3.05, 3.63) is 93.2 Å². The van der Waals surface area contributed by atoms with E-state index in [-0.39, 0.29) is 17.0 Å². The largest absolute Gasteiger partial charge is 0.493 e. The van der Waals surface area contributed by atoms with Gasteiger partial charge in [-0.2, -0.15) is 5.10 Å². The zero-order valence-electron chi connectivity index (χ0n) is 19.9. The van der Waals surface area contributed by atoms with Gasteiger partial charge in [-0.05, 0) is 52.4 Å². The van der Waals surface area contributed by atoms with Crippen molar-refractivity contribution < 1.29 is 28.5 Å². The summed E-state index contributed by atoms with van der Waals surface area (Å²) in [5.41, 5.74) is 2.34. The Morgan fingerprint density at radius 2 is 1.53 bits per heavy atom. The standard InChI is InChI=1S/C27H23IN2O6/c1-33-21-15-18(14-20(28)25(21)36-16-17-10-6-4-7-11-17)23-22(26(31)34-2)24(27(32)35-3)30(29-23)19-12-8-5-9-13-19/h4-15H,16H2,1-3H3. The van der Waals surface area contributed by atoms with Gasteiger partial charge in [-0.25, -0.2) is 14.3 Å². The number of carbonyl (C=O) groups is 2. The third-order valence-corrected chi connectivity index (χ3v) is 6.18. The van der Waals surface area contributed by atoms with Gasteiger partial charge in [-0.15, -0.1) is 0 Å². The lowest BCUT2D eigenvalue weighted by atomic mass is 10.0. The van der Waals surface area contributed by atoms with E-state index in [9.17, 15) is 9.59 Å². The Balaban J connectivity index is 1.86. The van der Waals surface area contributed by atoms with Crippen LogP contribution in [0.5, 0.6) is 11.5 Å². The van der Waals surface area contributed by atoms with E-state index < -0.39 is 11.9 Å². The number of aromatic nitrogens is 2. The van der Waals surface area contributed by atoms with E-state index in [1.807, 2.05) is 42.5 Å². The SMILES string of the molecule is COC(=O)c1c(-c2cc(I)c(OCc3ccccc3)c(OC)c2)nn(-c2ccccc2)c1C(=O)OC. The molecule has 0 atom stereocenters. The highest BCUT2D eigenvalue weighted by molar-refractivity contribution is 14.1. The zero-order chi connectivity index (χ0) is 25.7. The van der Waals surface area contributed by atoms with Gasteiger partial charge in [-0.1, -0.05) is 48.5 Å². The molecular weight excluding hydrogens is 575 g/mol. The molecular formula is C27H23IN2O6. The molecule has 1 aromatic heterocycles. The molecule has 1 heterocycles. The molecule has 8 nitrogen and oxygen atoms in total. The summed E-state index contributed by atoms with van der Waals surface area (Å²) in [5, 5.41) is 4.64. The Kier molecular flexibility index (Phi) is 7.89. The van der Waals surface area contributed by atoms with Gasteiger partial charge in [0.15, 0.2) is 17.2 Å². The minimum absolute atomic E-state index is 0.0102. The molecule has 0 saturated heterocycles. The first-order valence-corrected chi connectivity index (χ1v) is 12.0. The number of halogens is 1. The molecule has 0 fully saturated rings. The van der Waals surface area contributed by atoms with E-state index >= 15 is 0 Å². The van der Waals surface area contributed by atoms with Crippen molar-refractivity contribution in [2.24, 2.45) is 0 Å². The second kappa shape index (κ2) is 11.3. The highest BCUT2D eigenvalue weighted by Gasteiger charge is 2.32. The molecule has 0 amide bonds. The fraction of sp³-hybridized carbons (Fsp3) is 0.148. The lowest BCUT2D eigenvalue weighted by molar-refractivity contribution is 0.0549. The van der Waals surface area contributed by atoms with Crippen molar-refractivity contribution in [3.63, 3.8) is 0 Å². The molecule has 184 valence electrons. The Morgan fingerprint density at radius 3 is 2.14 bits per heavy atom. The van der Waals surface area contributed by atoms with Gasteiger partial charge >= 0.3 is 11.9 Å². The van der Waals surface area contributed by atoms with E-state index in [4.69, 9.17) is 18.9 Å². The number of para-hydroxylation sites is 1. The average molecular weight is 598 g/mol. The van der Waals surface area contributed by atoms with Crippen molar-refractivity contribution >= 4 is 34.5 Å². The summed E-state index contributed by atoms with van der Waals surface area (Å²) in [7, 11) is 4.03. The molecule has 36 heavy (non-hydrogen) atoms. The monoisotopic (exact) mass is 598 g/mol. The lowest BCUT2D eigenvalue weighted by Gasteiger charge is -2.14. The normalized spacial score (nSPS) is 10.6. The van der Waals surface area contributed by atoms with Crippen LogP contribution in [0.2, 0.25) is 0 Å². The van der Waals surface area contributed by atoms with Gasteiger partial charge in [0.05, 0.1) is 30.6 Å². The molecule has 0 aliphatic heterocycles. The number of methoxy groups -OCH3 is 3. The molecule has 0 bridgehead atoms. The molecule has 0 spiro atoms. The molecule has 0 N–H and O–H groups in total. The number of benzene rings is 3. The number of carbonyl (C=O) groups excluding carboxylic acids is 2. The first-order valence-electron chi connectivity index (χ1n) is 10.9. The van der Waals surface area contributed by atoms with Crippen LogP contribution in [0.1, 0.15) is 26.4 Å². The summed E-state index contributed by atoms with van der Waals surface area (Å²) < 4.78 is 23.8. The minimum Gasteiger partial charge on any atom is -0.493 e. The van der Waals surface area contributed by atoms with Gasteiger partial charge in [0.25, 0.3) is 0 Å². The Morgan fingerprint density at radius 1 is 0.889 bits per heavy atom. The summed E-state index contributed by atoms with van der Waals surface area (Å²) in [5.74, 6) is -0.424. The molecule has 0 radical (unpaired) electrons. The maximum absolute atomic E-state index is 12.9. The van der Waals surface area contributed by atoms with Crippen molar-refractivity contribution in [3.8, 4) is 28.4 Å². The Bertz CT molecular complexity index is 1390. The second-order valence-electron chi connectivity index (χ2n) is 7.57. The van der Waals surface area contributed by atoms with E-state index in [1.54, 1.807) is 30.3 Å². The van der Waals surface area contributed by atoms with Crippen LogP contribution in [0.25, 0.3) is 16.9 Å². The fourth-order valence-electron chi connectivity index (χ4n) is 3.68. The van der Waals surface area contributed by atoms with Crippen LogP contribution in [0.15, 0.2) is 72.8 Å². The van der Waals surface area contributed by atoms with Crippen LogP contribution in [-0.2, 0) is 16.1 Å². The molecule has 0 unspecified atom stereocenters. The maximum Gasteiger partial charge on any atom is 0.357 e. The molecule has 3 aromatic carbocycles. The van der Waals surface area contributed by atoms with Crippen molar-refractivity contribution in [1.82, 2.24) is 9.78 Å². The van der Waals surface area contributed by atoms with Gasteiger partial charge in [0.2, 0.25) is 0 Å². The number of hydrogen-bond donors (Lipinski definition) is 0. The lowest BCUT2D eigenvalue weighted by Crippen LogP contribution is -2.15. The van der Waals surface area contributed by atoms with Crippen LogP contribution in [-0.4, -0.2) is 43.0 Å². The van der Waals surface area contributed by atoms with E-state index in [1.165, 1.54) is 26.0 Å². The molecule has 0 aliphatic carbocycles. The van der Waals surface area contributed by atoms with E-state index in [2.05, 4.69) is 27.7 Å². The van der Waals surface area contributed by atoms with Crippen LogP contribution in [0, 0.1) is 3.57 Å². The summed E-state index contributed by atoms with van der Waals surface area (Å²) in [4.78, 5) is 25.7. The summed E-state index contributed by atoms with van der Waals surface area (Å²) in [6.07, 6.45) is 0. The summed E-state index contributed by atoms with van der Waals surface area (Å²) in [6, 6.07) is 22.3. The second-order valence-corrected chi connectivity index (χ2v) is 8.73. The summed E-state index contributed by atoms with van der Waals surface area (Å²) in [6.45, 7) is 0.356. The fourth-order valence-corrected chi connectivity index (χ4v) is 4.44. The third-order valence-electron chi connectivity index (χ3n) is 5.38. The van der Waals surface area contributed by atoms with E-state index in [0.29, 0.717) is 29.4 Å². The Hall–Kier alpha value is -3.86. The first-order chi connectivity index (χ1) is 17.5. The van der Waals surface area contributed by atoms with Crippen LogP contribution >= 0.6 is 22.6 Å². The number of ether oxygens (including phenoxy) is 4. The highest BCUT2D eigenvalue weighted by Crippen LogP contribution is 2.39. The van der Waals surface area contributed by atoms with Crippen molar-refractivity contribution in [1.29, 1.82) is 0 Å². The zero-order valence-corrected chi connectivity index (χ0v) is 22.0. The first kappa shape index (κ1) is 25.2. The molecule has 9 heteroatoms. The Labute approximate surface area is 221 Å². The summed E-state index contributed by atoms with van der Waals surface area (Å²) >= 11 is 2.14. The molecule has 0 aliphatic rings. The number of rotatable bonds is 8. The van der Waals surface area contributed by atoms with Crippen LogP contribution < -0.4 is 9.47 Å². The van der Waals surface area contributed by atoms with Crippen LogP contribution in [0.3, 0.4) is 0 Å². The molecule has 4 rings (SSSR count). The molecule has 4 aromatic rings. The number of nitrogens with zero attached hydrogens (tertiary/aromatic N) is 2. The van der Waals surface area contributed by atoms with Gasteiger partial charge in [0, 0.05) is 5.56 Å². The van der Waals surface area contributed by atoms with Crippen LogP contribution in [0.4, 0.5) is 0 Å². The quantitative estimate of drug-likeness (QED) is 0.201. The van der Waals surface area contributed by atoms with Gasteiger partial charge < -0.3 is 18.9 Å². The molecule has 0 saturated carbocycles. The number of esters is 2.